The van der Waals surface area contributed by atoms with Crippen molar-refractivity contribution in [2.24, 2.45) is 0 Å². The van der Waals surface area contributed by atoms with E-state index < -0.39 is 10.8 Å². The van der Waals surface area contributed by atoms with Crippen LogP contribution in [0.2, 0.25) is 0 Å². The highest BCUT2D eigenvalue weighted by Gasteiger charge is 2.05. The van der Waals surface area contributed by atoms with Gasteiger partial charge in [-0.25, -0.2) is 0 Å². The van der Waals surface area contributed by atoms with E-state index in [2.05, 4.69) is 5.32 Å². The van der Waals surface area contributed by atoms with Gasteiger partial charge in [-0.1, -0.05) is 6.92 Å². The second-order valence-corrected chi connectivity index (χ2v) is 6.38. The maximum atomic E-state index is 11.1. The van der Waals surface area contributed by atoms with Crippen molar-refractivity contribution in [2.45, 2.75) is 25.1 Å². The molecule has 0 fully saturated rings. The Morgan fingerprint density at radius 3 is 2.93 bits per heavy atom. The zero-order valence-electron chi connectivity index (χ0n) is 9.16. The minimum atomic E-state index is -0.717. The summed E-state index contributed by atoms with van der Waals surface area (Å²) in [5.74, 6) is 0. The molecule has 2 atom stereocenters. The van der Waals surface area contributed by atoms with Crippen molar-refractivity contribution in [1.82, 2.24) is 5.32 Å². The van der Waals surface area contributed by atoms with Crippen LogP contribution in [0, 0.1) is 0 Å². The molecule has 1 aromatic heterocycles. The summed E-state index contributed by atoms with van der Waals surface area (Å²) in [6.07, 6.45) is 2.69. The fourth-order valence-corrected chi connectivity index (χ4v) is 2.39. The highest BCUT2D eigenvalue weighted by atomic mass is 32.2. The molecule has 15 heavy (non-hydrogen) atoms. The molecule has 1 rings (SSSR count). The predicted octanol–water partition coefficient (Wildman–Crippen LogP) is 1.58. The van der Waals surface area contributed by atoms with Crippen LogP contribution in [0.15, 0.2) is 11.4 Å². The van der Waals surface area contributed by atoms with Crippen molar-refractivity contribution >= 4 is 27.8 Å². The molecule has 5 heteroatoms. The van der Waals surface area contributed by atoms with E-state index in [9.17, 15) is 4.21 Å². The third-order valence-electron chi connectivity index (χ3n) is 2.36. The van der Waals surface area contributed by atoms with Crippen LogP contribution in [0.25, 0.3) is 0 Å². The number of nitrogens with one attached hydrogen (secondary N) is 1. The van der Waals surface area contributed by atoms with Gasteiger partial charge >= 0.3 is 0 Å². The van der Waals surface area contributed by atoms with Crippen LogP contribution >= 0.6 is 11.3 Å². The summed E-state index contributed by atoms with van der Waals surface area (Å²) in [5.41, 5.74) is 6.61. The molecule has 1 heterocycles. The van der Waals surface area contributed by atoms with E-state index in [4.69, 9.17) is 5.73 Å². The first-order chi connectivity index (χ1) is 7.11. The molecule has 0 bridgehead atoms. The molecule has 0 aromatic carbocycles. The molecule has 0 saturated heterocycles. The maximum Gasteiger partial charge on any atom is 0.0468 e. The van der Waals surface area contributed by atoms with E-state index in [1.54, 1.807) is 17.6 Å². The van der Waals surface area contributed by atoms with Crippen LogP contribution in [-0.4, -0.2) is 22.3 Å². The summed E-state index contributed by atoms with van der Waals surface area (Å²) in [4.78, 5) is 1.18. The number of hydrogen-bond acceptors (Lipinski definition) is 4. The lowest BCUT2D eigenvalue weighted by atomic mass is 10.3. The molecule has 3 nitrogen and oxygen atoms in total. The van der Waals surface area contributed by atoms with Gasteiger partial charge in [0, 0.05) is 39.4 Å². The van der Waals surface area contributed by atoms with Crippen molar-refractivity contribution in [3.63, 3.8) is 0 Å². The van der Waals surface area contributed by atoms with E-state index in [0.717, 1.165) is 25.2 Å². The van der Waals surface area contributed by atoms with Crippen molar-refractivity contribution in [2.75, 3.05) is 18.5 Å². The third-order valence-corrected chi connectivity index (χ3v) is 4.67. The number of hydrogen-bond donors (Lipinski definition) is 2. The molecule has 1 aromatic rings. The molecule has 0 aliphatic carbocycles. The van der Waals surface area contributed by atoms with Crippen molar-refractivity contribution in [1.29, 1.82) is 0 Å². The zero-order chi connectivity index (χ0) is 11.3. The van der Waals surface area contributed by atoms with E-state index in [1.807, 2.05) is 18.4 Å². The van der Waals surface area contributed by atoms with Crippen LogP contribution in [0.1, 0.15) is 18.2 Å². The fraction of sp³-hybridized carbons (Fsp3) is 0.600. The largest absolute Gasteiger partial charge is 0.398 e. The first-order valence-corrected chi connectivity index (χ1v) is 7.46. The molecule has 0 aliphatic heterocycles. The summed E-state index contributed by atoms with van der Waals surface area (Å²) >= 11 is 1.67. The Bertz CT molecular complexity index is 325. The predicted molar refractivity (Wildman–Crippen MR) is 68.6 cm³/mol. The Kier molecular flexibility index (Phi) is 5.28. The smallest absolute Gasteiger partial charge is 0.0468 e. The quantitative estimate of drug-likeness (QED) is 0.749. The summed E-state index contributed by atoms with van der Waals surface area (Å²) in [6.45, 7) is 3.71. The maximum absolute atomic E-state index is 11.1. The monoisotopic (exact) mass is 246 g/mol. The van der Waals surface area contributed by atoms with Crippen molar-refractivity contribution in [3.05, 3.63) is 16.3 Å². The minimum Gasteiger partial charge on any atom is -0.398 e. The Labute approximate surface area is 97.5 Å². The Morgan fingerprint density at radius 2 is 2.40 bits per heavy atom. The minimum absolute atomic E-state index is 0.262. The Morgan fingerprint density at radius 1 is 1.67 bits per heavy atom. The fourth-order valence-electron chi connectivity index (χ4n) is 1.17. The second-order valence-electron chi connectivity index (χ2n) is 3.57. The highest BCUT2D eigenvalue weighted by Crippen LogP contribution is 2.17. The van der Waals surface area contributed by atoms with Gasteiger partial charge in [0.2, 0.25) is 0 Å². The van der Waals surface area contributed by atoms with E-state index >= 15 is 0 Å². The Hall–Kier alpha value is -0.390. The summed E-state index contributed by atoms with van der Waals surface area (Å²) in [5, 5.41) is 5.57. The van der Waals surface area contributed by atoms with Crippen LogP contribution in [0.4, 0.5) is 5.69 Å². The van der Waals surface area contributed by atoms with Gasteiger partial charge in [0.05, 0.1) is 0 Å². The van der Waals surface area contributed by atoms with Crippen LogP contribution in [-0.2, 0) is 17.3 Å². The Balaban J connectivity index is 2.17. The number of anilines is 1. The number of thiophene rings is 1. The van der Waals surface area contributed by atoms with Gasteiger partial charge in [-0.05, 0) is 24.4 Å². The second kappa shape index (κ2) is 6.25. The van der Waals surface area contributed by atoms with Crippen molar-refractivity contribution < 1.29 is 4.21 Å². The van der Waals surface area contributed by atoms with Gasteiger partial charge in [-0.2, -0.15) is 0 Å². The SMILES string of the molecule is CC(CCNCc1sccc1N)S(C)=O. The molecule has 0 aliphatic rings. The molecule has 0 spiro atoms. The molecule has 2 unspecified atom stereocenters. The average Bonchev–Trinajstić information content (AvgIpc) is 2.58. The molecule has 0 saturated carbocycles. The summed E-state index contributed by atoms with van der Waals surface area (Å²) in [6, 6.07) is 1.92. The van der Waals surface area contributed by atoms with E-state index in [0.29, 0.717) is 0 Å². The molecule has 3 N–H and O–H groups in total. The molecule has 0 amide bonds. The lowest BCUT2D eigenvalue weighted by Crippen LogP contribution is -2.20. The standard InChI is InChI=1S/C10H18N2OS2/c1-8(15(2)13)3-5-12-7-10-9(11)4-6-14-10/h4,6,8,12H,3,5,7,11H2,1-2H3. The van der Waals surface area contributed by atoms with Gasteiger partial charge in [0.1, 0.15) is 0 Å². The van der Waals surface area contributed by atoms with Gasteiger partial charge in [0.15, 0.2) is 0 Å². The number of rotatable bonds is 6. The van der Waals surface area contributed by atoms with Crippen molar-refractivity contribution in [3.8, 4) is 0 Å². The van der Waals surface area contributed by atoms with E-state index in [1.165, 1.54) is 4.88 Å². The first-order valence-electron chi connectivity index (χ1n) is 4.96. The zero-order valence-corrected chi connectivity index (χ0v) is 10.8. The molecule has 86 valence electrons. The van der Waals surface area contributed by atoms with Gasteiger partial charge in [0.25, 0.3) is 0 Å². The average molecular weight is 246 g/mol. The molecular weight excluding hydrogens is 228 g/mol. The lowest BCUT2D eigenvalue weighted by Gasteiger charge is -2.08. The normalized spacial score (nSPS) is 15.1. The van der Waals surface area contributed by atoms with Crippen LogP contribution in [0.5, 0.6) is 0 Å². The highest BCUT2D eigenvalue weighted by molar-refractivity contribution is 7.84. The van der Waals surface area contributed by atoms with Gasteiger partial charge in [-0.15, -0.1) is 11.3 Å². The van der Waals surface area contributed by atoms with Gasteiger partial charge in [-0.3, -0.25) is 4.21 Å². The third kappa shape index (κ3) is 4.32. The lowest BCUT2D eigenvalue weighted by molar-refractivity contribution is 0.632. The van der Waals surface area contributed by atoms with Crippen LogP contribution < -0.4 is 11.1 Å². The molecule has 0 radical (unpaired) electrons. The first kappa shape index (κ1) is 12.7. The van der Waals surface area contributed by atoms with Crippen LogP contribution in [0.3, 0.4) is 0 Å². The number of nitrogen functional groups attached to an aromatic ring is 1. The summed E-state index contributed by atoms with van der Waals surface area (Å²) < 4.78 is 11.1. The molecular formula is C10H18N2OS2. The van der Waals surface area contributed by atoms with Gasteiger partial charge < -0.3 is 11.1 Å². The number of nitrogens with two attached hydrogens (primary N) is 1. The topological polar surface area (TPSA) is 55.1 Å². The van der Waals surface area contributed by atoms with E-state index in [-0.39, 0.29) is 5.25 Å². The summed E-state index contributed by atoms with van der Waals surface area (Å²) in [7, 11) is -0.717.